The minimum atomic E-state index is -0.503. The van der Waals surface area contributed by atoms with Crippen LogP contribution in [0.5, 0.6) is 5.88 Å². The van der Waals surface area contributed by atoms with Crippen molar-refractivity contribution < 1.29 is 13.9 Å². The summed E-state index contributed by atoms with van der Waals surface area (Å²) in [5.41, 5.74) is 3.55. The highest BCUT2D eigenvalue weighted by atomic mass is 19.1. The molecule has 0 spiro atoms. The molecule has 146 valence electrons. The summed E-state index contributed by atoms with van der Waals surface area (Å²) in [7, 11) is 1.81. The minimum Gasteiger partial charge on any atom is -0.467 e. The number of hydrogen-bond donors (Lipinski definition) is 1. The van der Waals surface area contributed by atoms with Crippen LogP contribution in [-0.4, -0.2) is 27.3 Å². The molecular formula is C22H19FN4O2. The monoisotopic (exact) mass is 390 g/mol. The number of halogens is 1. The number of carbonyl (C=O) groups is 1. The first-order valence-corrected chi connectivity index (χ1v) is 9.10. The summed E-state index contributed by atoms with van der Waals surface area (Å²) < 4.78 is 21.0. The van der Waals surface area contributed by atoms with E-state index in [2.05, 4.69) is 15.4 Å². The van der Waals surface area contributed by atoms with Crippen molar-refractivity contribution in [1.29, 1.82) is 0 Å². The summed E-state index contributed by atoms with van der Waals surface area (Å²) >= 11 is 0. The van der Waals surface area contributed by atoms with Gasteiger partial charge in [0, 0.05) is 13.1 Å². The van der Waals surface area contributed by atoms with Gasteiger partial charge in [-0.15, -0.1) is 0 Å². The van der Waals surface area contributed by atoms with Crippen molar-refractivity contribution in [2.75, 3.05) is 11.9 Å². The molecule has 29 heavy (non-hydrogen) atoms. The summed E-state index contributed by atoms with van der Waals surface area (Å²) in [4.78, 5) is 16.7. The van der Waals surface area contributed by atoms with Crippen LogP contribution in [0.3, 0.4) is 0 Å². The maximum absolute atomic E-state index is 13.7. The standard InChI is InChI=1S/C22H19FN4O2/c1-14-21-16(15-8-4-3-5-9-15)12-20(25-22(21)27(2)26-14)29-13-19(28)24-18-11-7-6-10-17(18)23/h3-12H,13H2,1-2H3,(H,24,28). The number of para-hydroxylation sites is 1. The summed E-state index contributed by atoms with van der Waals surface area (Å²) in [6, 6.07) is 17.6. The minimum absolute atomic E-state index is 0.108. The molecule has 0 radical (unpaired) electrons. The molecule has 0 unspecified atom stereocenters. The van der Waals surface area contributed by atoms with Gasteiger partial charge in [0.1, 0.15) is 5.82 Å². The van der Waals surface area contributed by atoms with E-state index in [1.165, 1.54) is 12.1 Å². The Bertz CT molecular complexity index is 1190. The average Bonchev–Trinajstić information content (AvgIpc) is 3.02. The maximum atomic E-state index is 13.7. The van der Waals surface area contributed by atoms with Crippen LogP contribution in [0.2, 0.25) is 0 Å². The average molecular weight is 390 g/mol. The first-order chi connectivity index (χ1) is 14.0. The second-order valence-electron chi connectivity index (χ2n) is 6.60. The quantitative estimate of drug-likeness (QED) is 0.557. The fourth-order valence-electron chi connectivity index (χ4n) is 3.23. The van der Waals surface area contributed by atoms with Gasteiger partial charge in [-0.2, -0.15) is 10.1 Å². The highest BCUT2D eigenvalue weighted by Gasteiger charge is 2.16. The molecule has 0 fully saturated rings. The maximum Gasteiger partial charge on any atom is 0.262 e. The number of nitrogens with one attached hydrogen (secondary N) is 1. The van der Waals surface area contributed by atoms with Crippen molar-refractivity contribution in [2.45, 2.75) is 6.92 Å². The van der Waals surface area contributed by atoms with Gasteiger partial charge < -0.3 is 10.1 Å². The number of benzene rings is 2. The fourth-order valence-corrected chi connectivity index (χ4v) is 3.23. The molecule has 2 aromatic carbocycles. The molecule has 7 heteroatoms. The molecule has 0 atom stereocenters. The van der Waals surface area contributed by atoms with Gasteiger partial charge >= 0.3 is 0 Å². The van der Waals surface area contributed by atoms with E-state index in [0.717, 1.165) is 22.2 Å². The zero-order chi connectivity index (χ0) is 20.4. The highest BCUT2D eigenvalue weighted by Crippen LogP contribution is 2.32. The van der Waals surface area contributed by atoms with Gasteiger partial charge in [-0.3, -0.25) is 9.48 Å². The molecule has 1 N–H and O–H groups in total. The largest absolute Gasteiger partial charge is 0.467 e. The number of fused-ring (bicyclic) bond motifs is 1. The van der Waals surface area contributed by atoms with Crippen LogP contribution < -0.4 is 10.1 Å². The van der Waals surface area contributed by atoms with Crippen molar-refractivity contribution >= 4 is 22.6 Å². The second-order valence-corrected chi connectivity index (χ2v) is 6.60. The van der Waals surface area contributed by atoms with Crippen molar-refractivity contribution in [3.05, 3.63) is 72.2 Å². The SMILES string of the molecule is Cc1nn(C)c2nc(OCC(=O)Nc3ccccc3F)cc(-c3ccccc3)c12. The topological polar surface area (TPSA) is 69.0 Å². The van der Waals surface area contributed by atoms with E-state index in [-0.39, 0.29) is 12.3 Å². The summed E-state index contributed by atoms with van der Waals surface area (Å²) in [6.07, 6.45) is 0. The Balaban J connectivity index is 1.62. The summed E-state index contributed by atoms with van der Waals surface area (Å²) in [5, 5.41) is 7.88. The lowest BCUT2D eigenvalue weighted by atomic mass is 10.0. The van der Waals surface area contributed by atoms with Crippen LogP contribution in [0.1, 0.15) is 5.69 Å². The van der Waals surface area contributed by atoms with Crippen LogP contribution in [0.25, 0.3) is 22.2 Å². The second kappa shape index (κ2) is 7.71. The number of hydrogen-bond acceptors (Lipinski definition) is 4. The summed E-state index contributed by atoms with van der Waals surface area (Å²) in [6.45, 7) is 1.64. The van der Waals surface area contributed by atoms with Crippen molar-refractivity contribution in [2.24, 2.45) is 7.05 Å². The molecule has 0 aliphatic carbocycles. The molecule has 4 aromatic rings. The van der Waals surface area contributed by atoms with E-state index in [0.29, 0.717) is 11.5 Å². The Morgan fingerprint density at radius 1 is 1.14 bits per heavy atom. The van der Waals surface area contributed by atoms with Gasteiger partial charge in [-0.05, 0) is 30.2 Å². The number of amides is 1. The fraction of sp³-hybridized carbons (Fsp3) is 0.136. The van der Waals surface area contributed by atoms with Crippen molar-refractivity contribution in [3.8, 4) is 17.0 Å². The lowest BCUT2D eigenvalue weighted by molar-refractivity contribution is -0.118. The third-order valence-electron chi connectivity index (χ3n) is 4.53. The molecule has 0 bridgehead atoms. The Hall–Kier alpha value is -3.74. The number of rotatable bonds is 5. The van der Waals surface area contributed by atoms with E-state index < -0.39 is 11.7 Å². The van der Waals surface area contributed by atoms with Crippen LogP contribution in [0.15, 0.2) is 60.7 Å². The number of aryl methyl sites for hydroxylation is 2. The van der Waals surface area contributed by atoms with Crippen LogP contribution in [0.4, 0.5) is 10.1 Å². The molecule has 0 saturated carbocycles. The molecule has 6 nitrogen and oxygen atoms in total. The molecular weight excluding hydrogens is 371 g/mol. The zero-order valence-electron chi connectivity index (χ0n) is 16.0. The number of carbonyl (C=O) groups excluding carboxylic acids is 1. The van der Waals surface area contributed by atoms with E-state index in [1.807, 2.05) is 44.3 Å². The van der Waals surface area contributed by atoms with Gasteiger partial charge in [-0.25, -0.2) is 4.39 Å². The smallest absolute Gasteiger partial charge is 0.262 e. The number of nitrogens with zero attached hydrogens (tertiary/aromatic N) is 3. The lowest BCUT2D eigenvalue weighted by Crippen LogP contribution is -2.21. The summed E-state index contributed by atoms with van der Waals surface area (Å²) in [5.74, 6) is -0.681. The Labute approximate surface area is 167 Å². The van der Waals surface area contributed by atoms with E-state index in [1.54, 1.807) is 22.9 Å². The molecule has 0 saturated heterocycles. The van der Waals surface area contributed by atoms with E-state index in [9.17, 15) is 9.18 Å². The predicted molar refractivity (Wildman–Crippen MR) is 109 cm³/mol. The molecule has 2 heterocycles. The Kier molecular flexibility index (Phi) is 4.95. The van der Waals surface area contributed by atoms with Crippen LogP contribution in [0, 0.1) is 12.7 Å². The van der Waals surface area contributed by atoms with E-state index >= 15 is 0 Å². The number of ether oxygens (including phenoxy) is 1. The lowest BCUT2D eigenvalue weighted by Gasteiger charge is -2.10. The van der Waals surface area contributed by atoms with Gasteiger partial charge in [0.05, 0.1) is 16.8 Å². The predicted octanol–water partition coefficient (Wildman–Crippen LogP) is 4.10. The third-order valence-corrected chi connectivity index (χ3v) is 4.53. The Morgan fingerprint density at radius 3 is 2.62 bits per heavy atom. The van der Waals surface area contributed by atoms with Crippen LogP contribution in [-0.2, 0) is 11.8 Å². The van der Waals surface area contributed by atoms with Gasteiger partial charge in [0.25, 0.3) is 5.91 Å². The number of pyridine rings is 1. The first-order valence-electron chi connectivity index (χ1n) is 9.10. The highest BCUT2D eigenvalue weighted by molar-refractivity contribution is 5.96. The van der Waals surface area contributed by atoms with Gasteiger partial charge in [0.15, 0.2) is 12.3 Å². The molecule has 0 aliphatic rings. The number of aromatic nitrogens is 3. The molecule has 2 aromatic heterocycles. The zero-order valence-corrected chi connectivity index (χ0v) is 16.0. The Morgan fingerprint density at radius 2 is 1.86 bits per heavy atom. The molecule has 0 aliphatic heterocycles. The molecule has 4 rings (SSSR count). The third kappa shape index (κ3) is 3.80. The first kappa shape index (κ1) is 18.6. The van der Waals surface area contributed by atoms with Crippen LogP contribution >= 0.6 is 0 Å². The van der Waals surface area contributed by atoms with Gasteiger partial charge in [0.2, 0.25) is 5.88 Å². The van der Waals surface area contributed by atoms with Gasteiger partial charge in [-0.1, -0.05) is 42.5 Å². The normalized spacial score (nSPS) is 10.9. The number of anilines is 1. The van der Waals surface area contributed by atoms with Crippen molar-refractivity contribution in [1.82, 2.24) is 14.8 Å². The van der Waals surface area contributed by atoms with E-state index in [4.69, 9.17) is 4.74 Å². The molecule has 1 amide bonds. The van der Waals surface area contributed by atoms with Crippen molar-refractivity contribution in [3.63, 3.8) is 0 Å².